The van der Waals surface area contributed by atoms with Gasteiger partial charge in [0, 0.05) is 12.6 Å². The summed E-state index contributed by atoms with van der Waals surface area (Å²) in [6.07, 6.45) is 0. The first kappa shape index (κ1) is 22.3. The van der Waals surface area contributed by atoms with Gasteiger partial charge in [-0.1, -0.05) is 23.9 Å². The maximum atomic E-state index is 12.4. The topological polar surface area (TPSA) is 96.7 Å². The van der Waals surface area contributed by atoms with E-state index in [4.69, 9.17) is 18.9 Å². The second kappa shape index (κ2) is 10.1. The van der Waals surface area contributed by atoms with Gasteiger partial charge in [0.05, 0.1) is 39.9 Å². The lowest BCUT2D eigenvalue weighted by atomic mass is 10.1. The molecule has 1 aromatic heterocycles. The summed E-state index contributed by atoms with van der Waals surface area (Å²) in [6, 6.07) is 10.8. The highest BCUT2D eigenvalue weighted by atomic mass is 32.2. The number of ether oxygens (including phenoxy) is 4. The molecule has 9 nitrogen and oxygen atoms in total. The van der Waals surface area contributed by atoms with E-state index in [0.29, 0.717) is 39.7 Å². The van der Waals surface area contributed by atoms with E-state index in [9.17, 15) is 4.79 Å². The van der Waals surface area contributed by atoms with Crippen molar-refractivity contribution in [3.05, 3.63) is 36.4 Å². The summed E-state index contributed by atoms with van der Waals surface area (Å²) in [5, 5.41) is 11.9. The van der Waals surface area contributed by atoms with Crippen molar-refractivity contribution in [2.45, 2.75) is 5.16 Å². The lowest BCUT2D eigenvalue weighted by molar-refractivity contribution is -0.113. The van der Waals surface area contributed by atoms with Crippen molar-refractivity contribution in [2.24, 2.45) is 7.05 Å². The van der Waals surface area contributed by atoms with Gasteiger partial charge in [0.1, 0.15) is 5.75 Å². The first-order valence-electron chi connectivity index (χ1n) is 9.27. The van der Waals surface area contributed by atoms with Gasteiger partial charge in [-0.2, -0.15) is 0 Å². The Morgan fingerprint density at radius 3 is 2.23 bits per heavy atom. The number of nitrogens with zero attached hydrogens (tertiary/aromatic N) is 3. The minimum Gasteiger partial charge on any atom is -0.495 e. The Morgan fingerprint density at radius 1 is 0.968 bits per heavy atom. The van der Waals surface area contributed by atoms with E-state index in [2.05, 4.69) is 15.5 Å². The smallest absolute Gasteiger partial charge is 0.234 e. The van der Waals surface area contributed by atoms with Crippen LogP contribution in [0.4, 0.5) is 5.69 Å². The molecule has 3 rings (SSSR count). The number of nitrogens with one attached hydrogen (secondary N) is 1. The summed E-state index contributed by atoms with van der Waals surface area (Å²) in [6.45, 7) is 0. The Bertz CT molecular complexity index is 1040. The fourth-order valence-electron chi connectivity index (χ4n) is 2.97. The number of rotatable bonds is 9. The third kappa shape index (κ3) is 4.85. The molecule has 3 aromatic rings. The summed E-state index contributed by atoms with van der Waals surface area (Å²) in [7, 11) is 8.05. The largest absolute Gasteiger partial charge is 0.495 e. The number of hydrogen-bond donors (Lipinski definition) is 1. The molecule has 0 aliphatic heterocycles. The Hall–Kier alpha value is -3.40. The van der Waals surface area contributed by atoms with E-state index < -0.39 is 0 Å². The summed E-state index contributed by atoms with van der Waals surface area (Å²) in [5.74, 6) is 2.73. The van der Waals surface area contributed by atoms with Crippen molar-refractivity contribution in [3.63, 3.8) is 0 Å². The summed E-state index contributed by atoms with van der Waals surface area (Å²) < 4.78 is 23.3. The molecule has 31 heavy (non-hydrogen) atoms. The average Bonchev–Trinajstić information content (AvgIpc) is 3.17. The van der Waals surface area contributed by atoms with Crippen LogP contribution in [0.3, 0.4) is 0 Å². The lowest BCUT2D eigenvalue weighted by Gasteiger charge is -2.14. The molecule has 0 unspecified atom stereocenters. The average molecular weight is 445 g/mol. The lowest BCUT2D eigenvalue weighted by Crippen LogP contribution is -2.15. The van der Waals surface area contributed by atoms with Crippen molar-refractivity contribution >= 4 is 23.4 Å². The zero-order valence-electron chi connectivity index (χ0n) is 18.0. The van der Waals surface area contributed by atoms with Crippen LogP contribution in [0.25, 0.3) is 11.4 Å². The van der Waals surface area contributed by atoms with Crippen LogP contribution < -0.4 is 24.3 Å². The van der Waals surface area contributed by atoms with Gasteiger partial charge < -0.3 is 28.8 Å². The monoisotopic (exact) mass is 444 g/mol. The van der Waals surface area contributed by atoms with Gasteiger partial charge in [-0.25, -0.2) is 0 Å². The van der Waals surface area contributed by atoms with Gasteiger partial charge in [-0.3, -0.25) is 4.79 Å². The van der Waals surface area contributed by atoms with E-state index in [0.717, 1.165) is 5.56 Å². The van der Waals surface area contributed by atoms with Crippen LogP contribution in [-0.4, -0.2) is 54.9 Å². The van der Waals surface area contributed by atoms with Crippen LogP contribution in [0.15, 0.2) is 41.6 Å². The molecule has 0 radical (unpaired) electrons. The molecule has 0 saturated carbocycles. The number of benzene rings is 2. The number of amides is 1. The molecule has 1 N–H and O–H groups in total. The standard InChI is InChI=1S/C21H24N4O5S/c1-25-20(13-10-16(28-3)19(30-5)17(11-13)29-4)23-24-21(25)31-12-18(26)22-14-8-6-7-9-15(14)27-2/h6-11H,12H2,1-5H3,(H,22,26). The predicted octanol–water partition coefficient (Wildman–Crippen LogP) is 3.25. The molecule has 10 heteroatoms. The molecule has 0 saturated heterocycles. The third-order valence-electron chi connectivity index (χ3n) is 4.47. The molecular weight excluding hydrogens is 420 g/mol. The zero-order chi connectivity index (χ0) is 22.4. The normalized spacial score (nSPS) is 10.5. The van der Waals surface area contributed by atoms with Crippen LogP contribution in [-0.2, 0) is 11.8 Å². The molecule has 0 spiro atoms. The zero-order valence-corrected chi connectivity index (χ0v) is 18.8. The molecule has 2 aromatic carbocycles. The second-order valence-electron chi connectivity index (χ2n) is 6.32. The van der Waals surface area contributed by atoms with Crippen molar-refractivity contribution < 1.29 is 23.7 Å². The first-order valence-corrected chi connectivity index (χ1v) is 10.3. The summed E-state index contributed by atoms with van der Waals surface area (Å²) in [5.41, 5.74) is 1.36. The van der Waals surface area contributed by atoms with E-state index in [-0.39, 0.29) is 11.7 Å². The van der Waals surface area contributed by atoms with Crippen molar-refractivity contribution in [2.75, 3.05) is 39.5 Å². The highest BCUT2D eigenvalue weighted by Gasteiger charge is 2.19. The number of aromatic nitrogens is 3. The van der Waals surface area contributed by atoms with Gasteiger partial charge in [0.15, 0.2) is 22.5 Å². The fourth-order valence-corrected chi connectivity index (χ4v) is 3.68. The van der Waals surface area contributed by atoms with Gasteiger partial charge in [-0.15, -0.1) is 10.2 Å². The Kier molecular flexibility index (Phi) is 7.24. The summed E-state index contributed by atoms with van der Waals surface area (Å²) in [4.78, 5) is 12.4. The quantitative estimate of drug-likeness (QED) is 0.503. The molecule has 1 heterocycles. The number of hydrogen-bond acceptors (Lipinski definition) is 8. The van der Waals surface area contributed by atoms with Crippen LogP contribution in [0.5, 0.6) is 23.0 Å². The first-order chi connectivity index (χ1) is 15.0. The number of anilines is 1. The number of carbonyl (C=O) groups excluding carboxylic acids is 1. The molecule has 1 amide bonds. The Balaban J connectivity index is 1.75. The maximum absolute atomic E-state index is 12.4. The number of methoxy groups -OCH3 is 4. The SMILES string of the molecule is COc1ccccc1NC(=O)CSc1nnc(-c2cc(OC)c(OC)c(OC)c2)n1C. The van der Waals surface area contributed by atoms with Gasteiger partial charge >= 0.3 is 0 Å². The van der Waals surface area contributed by atoms with Gasteiger partial charge in [0.2, 0.25) is 11.7 Å². The van der Waals surface area contributed by atoms with Crippen LogP contribution >= 0.6 is 11.8 Å². The molecule has 164 valence electrons. The number of thioether (sulfide) groups is 1. The third-order valence-corrected chi connectivity index (χ3v) is 5.49. The van der Waals surface area contributed by atoms with Gasteiger partial charge in [-0.05, 0) is 24.3 Å². The van der Waals surface area contributed by atoms with Crippen LogP contribution in [0, 0.1) is 0 Å². The van der Waals surface area contributed by atoms with E-state index in [1.54, 1.807) is 52.7 Å². The Morgan fingerprint density at radius 2 is 1.61 bits per heavy atom. The fraction of sp³-hybridized carbons (Fsp3) is 0.286. The Labute approximate surface area is 184 Å². The molecule has 0 bridgehead atoms. The second-order valence-corrected chi connectivity index (χ2v) is 7.26. The van der Waals surface area contributed by atoms with E-state index >= 15 is 0 Å². The van der Waals surface area contributed by atoms with Crippen molar-refractivity contribution in [3.8, 4) is 34.4 Å². The molecular formula is C21H24N4O5S. The predicted molar refractivity (Wildman–Crippen MR) is 118 cm³/mol. The maximum Gasteiger partial charge on any atom is 0.234 e. The molecule has 0 aliphatic rings. The number of carbonyl (C=O) groups is 1. The molecule has 0 aliphatic carbocycles. The summed E-state index contributed by atoms with van der Waals surface area (Å²) >= 11 is 1.28. The molecule has 0 atom stereocenters. The van der Waals surface area contributed by atoms with E-state index in [1.807, 2.05) is 23.7 Å². The molecule has 0 fully saturated rings. The van der Waals surface area contributed by atoms with Crippen LogP contribution in [0.1, 0.15) is 0 Å². The van der Waals surface area contributed by atoms with Crippen molar-refractivity contribution in [1.29, 1.82) is 0 Å². The van der Waals surface area contributed by atoms with Crippen molar-refractivity contribution in [1.82, 2.24) is 14.8 Å². The highest BCUT2D eigenvalue weighted by molar-refractivity contribution is 7.99. The van der Waals surface area contributed by atoms with E-state index in [1.165, 1.54) is 11.8 Å². The van der Waals surface area contributed by atoms with Gasteiger partial charge in [0.25, 0.3) is 0 Å². The highest BCUT2D eigenvalue weighted by Crippen LogP contribution is 2.41. The minimum absolute atomic E-state index is 0.166. The minimum atomic E-state index is -0.174. The number of para-hydroxylation sites is 2. The van der Waals surface area contributed by atoms with Crippen LogP contribution in [0.2, 0.25) is 0 Å².